The van der Waals surface area contributed by atoms with Crippen LogP contribution in [0.2, 0.25) is 0 Å². The van der Waals surface area contributed by atoms with Gasteiger partial charge in [-0.1, -0.05) is 0 Å². The van der Waals surface area contributed by atoms with Crippen LogP contribution < -0.4 is 4.74 Å². The van der Waals surface area contributed by atoms with Crippen molar-refractivity contribution >= 4 is 15.9 Å². The van der Waals surface area contributed by atoms with Gasteiger partial charge in [-0.15, -0.1) is 5.10 Å². The summed E-state index contributed by atoms with van der Waals surface area (Å²) in [6.07, 6.45) is 1.39. The van der Waals surface area contributed by atoms with E-state index in [0.717, 1.165) is 0 Å². The van der Waals surface area contributed by atoms with E-state index >= 15 is 0 Å². The van der Waals surface area contributed by atoms with Crippen molar-refractivity contribution < 1.29 is 9.13 Å². The molecule has 0 saturated heterocycles. The molecular formula is C11H5BrFN3O. The molecule has 0 amide bonds. The van der Waals surface area contributed by atoms with Gasteiger partial charge in [0.2, 0.25) is 0 Å². The summed E-state index contributed by atoms with van der Waals surface area (Å²) in [6.45, 7) is 0. The Balaban J connectivity index is 2.32. The first-order chi connectivity index (χ1) is 8.20. The Labute approximate surface area is 105 Å². The number of nitrogens with zero attached hydrogens (tertiary/aromatic N) is 3. The van der Waals surface area contributed by atoms with Gasteiger partial charge < -0.3 is 4.74 Å². The van der Waals surface area contributed by atoms with E-state index in [0.29, 0.717) is 5.75 Å². The molecule has 0 aliphatic carbocycles. The fourth-order valence-corrected chi connectivity index (χ4v) is 1.49. The second-order valence-electron chi connectivity index (χ2n) is 3.04. The van der Waals surface area contributed by atoms with E-state index in [9.17, 15) is 4.39 Å². The van der Waals surface area contributed by atoms with Crippen LogP contribution in [-0.4, -0.2) is 10.2 Å². The highest BCUT2D eigenvalue weighted by molar-refractivity contribution is 9.10. The maximum atomic E-state index is 13.0. The van der Waals surface area contributed by atoms with Gasteiger partial charge in [-0.25, -0.2) is 4.39 Å². The van der Waals surface area contributed by atoms with Crippen LogP contribution in [-0.2, 0) is 0 Å². The fraction of sp³-hybridized carbons (Fsp3) is 0. The molecule has 0 bridgehead atoms. The Bertz CT molecular complexity index is 598. The molecular weight excluding hydrogens is 289 g/mol. The molecule has 0 saturated carbocycles. The number of aromatic nitrogens is 2. The molecule has 6 heteroatoms. The van der Waals surface area contributed by atoms with Gasteiger partial charge >= 0.3 is 0 Å². The molecule has 0 radical (unpaired) electrons. The summed E-state index contributed by atoms with van der Waals surface area (Å²) in [5.74, 6) is 0.0702. The summed E-state index contributed by atoms with van der Waals surface area (Å²) >= 11 is 3.04. The molecule has 1 heterocycles. The number of hydrogen-bond donors (Lipinski definition) is 0. The lowest BCUT2D eigenvalue weighted by Gasteiger charge is -2.05. The van der Waals surface area contributed by atoms with Gasteiger partial charge in [-0.05, 0) is 40.2 Å². The van der Waals surface area contributed by atoms with Crippen LogP contribution in [0.5, 0.6) is 11.6 Å². The normalized spacial score (nSPS) is 9.71. The molecule has 0 aliphatic heterocycles. The topological polar surface area (TPSA) is 58.8 Å². The third-order valence-electron chi connectivity index (χ3n) is 1.91. The van der Waals surface area contributed by atoms with E-state index in [-0.39, 0.29) is 15.9 Å². The van der Waals surface area contributed by atoms with E-state index < -0.39 is 5.82 Å². The minimum Gasteiger partial charge on any atom is -0.437 e. The molecule has 0 unspecified atom stereocenters. The Morgan fingerprint density at radius 1 is 1.35 bits per heavy atom. The molecule has 2 rings (SSSR count). The molecule has 2 aromatic rings. The van der Waals surface area contributed by atoms with Crippen molar-refractivity contribution in [2.75, 3.05) is 0 Å². The first-order valence-corrected chi connectivity index (χ1v) is 5.34. The molecule has 4 nitrogen and oxygen atoms in total. The molecule has 0 atom stereocenters. The van der Waals surface area contributed by atoms with E-state index in [1.807, 2.05) is 6.07 Å². The number of nitriles is 1. The molecule has 1 aromatic carbocycles. The summed E-state index contributed by atoms with van der Waals surface area (Å²) in [6, 6.07) is 7.56. The third kappa shape index (κ3) is 2.57. The lowest BCUT2D eigenvalue weighted by atomic mass is 10.3. The Hall–Kier alpha value is -2.00. The lowest BCUT2D eigenvalue weighted by molar-refractivity contribution is 0.451. The van der Waals surface area contributed by atoms with Gasteiger partial charge in [0.15, 0.2) is 0 Å². The van der Waals surface area contributed by atoms with Crippen molar-refractivity contribution in [1.29, 1.82) is 5.26 Å². The van der Waals surface area contributed by atoms with Crippen LogP contribution in [0.1, 0.15) is 5.56 Å². The minimum absolute atomic E-state index is 0.0912. The summed E-state index contributed by atoms with van der Waals surface area (Å²) in [7, 11) is 0. The predicted octanol–water partition coefficient (Wildman–Crippen LogP) is 3.04. The number of halogens is 2. The lowest BCUT2D eigenvalue weighted by Crippen LogP contribution is -1.93. The van der Waals surface area contributed by atoms with Gasteiger partial charge in [0, 0.05) is 0 Å². The average molecular weight is 294 g/mol. The van der Waals surface area contributed by atoms with E-state index in [1.54, 1.807) is 0 Å². The van der Waals surface area contributed by atoms with Crippen molar-refractivity contribution in [3.05, 3.63) is 46.3 Å². The zero-order valence-electron chi connectivity index (χ0n) is 8.39. The van der Waals surface area contributed by atoms with Crippen LogP contribution in [0.15, 0.2) is 34.9 Å². The van der Waals surface area contributed by atoms with E-state index in [4.69, 9.17) is 10.00 Å². The number of rotatable bonds is 2. The van der Waals surface area contributed by atoms with Crippen LogP contribution in [0.3, 0.4) is 0 Å². The summed E-state index contributed by atoms with van der Waals surface area (Å²) in [5.41, 5.74) is 0.264. The van der Waals surface area contributed by atoms with Crippen molar-refractivity contribution in [3.63, 3.8) is 0 Å². The number of benzene rings is 1. The van der Waals surface area contributed by atoms with Crippen molar-refractivity contribution in [2.24, 2.45) is 0 Å². The molecule has 0 spiro atoms. The Kier molecular flexibility index (Phi) is 3.30. The maximum absolute atomic E-state index is 13.0. The van der Waals surface area contributed by atoms with Gasteiger partial charge in [0.25, 0.3) is 5.88 Å². The summed E-state index contributed by atoms with van der Waals surface area (Å²) in [5, 5.41) is 16.1. The van der Waals surface area contributed by atoms with Crippen LogP contribution in [0, 0.1) is 17.1 Å². The average Bonchev–Trinajstić information content (AvgIpc) is 2.34. The molecule has 0 N–H and O–H groups in total. The van der Waals surface area contributed by atoms with E-state index in [2.05, 4.69) is 26.1 Å². The highest BCUT2D eigenvalue weighted by atomic mass is 79.9. The van der Waals surface area contributed by atoms with E-state index in [1.165, 1.54) is 30.5 Å². The maximum Gasteiger partial charge on any atom is 0.256 e. The summed E-state index contributed by atoms with van der Waals surface area (Å²) in [4.78, 5) is 0. The van der Waals surface area contributed by atoms with Gasteiger partial charge in [-0.3, -0.25) is 0 Å². The van der Waals surface area contributed by atoms with Crippen LogP contribution in [0.4, 0.5) is 4.39 Å². The van der Waals surface area contributed by atoms with Gasteiger partial charge in [0.05, 0.1) is 10.7 Å². The second-order valence-corrected chi connectivity index (χ2v) is 3.89. The third-order valence-corrected chi connectivity index (χ3v) is 2.52. The molecule has 84 valence electrons. The van der Waals surface area contributed by atoms with Crippen LogP contribution in [0.25, 0.3) is 0 Å². The first-order valence-electron chi connectivity index (χ1n) is 4.55. The molecule has 1 aromatic heterocycles. The van der Waals surface area contributed by atoms with Gasteiger partial charge in [-0.2, -0.15) is 10.4 Å². The fourth-order valence-electron chi connectivity index (χ4n) is 1.13. The first kappa shape index (κ1) is 11.5. The van der Waals surface area contributed by atoms with Crippen LogP contribution >= 0.6 is 15.9 Å². The SMILES string of the molecule is N#Cc1ccnnc1Oc1ccc(F)c(Br)c1. The quantitative estimate of drug-likeness (QED) is 0.854. The van der Waals surface area contributed by atoms with Crippen molar-refractivity contribution in [1.82, 2.24) is 10.2 Å². The monoisotopic (exact) mass is 293 g/mol. The Morgan fingerprint density at radius 3 is 2.88 bits per heavy atom. The highest BCUT2D eigenvalue weighted by Crippen LogP contribution is 2.26. The van der Waals surface area contributed by atoms with Crippen molar-refractivity contribution in [3.8, 4) is 17.7 Å². The van der Waals surface area contributed by atoms with Gasteiger partial charge in [0.1, 0.15) is 23.2 Å². The smallest absolute Gasteiger partial charge is 0.256 e. The number of hydrogen-bond acceptors (Lipinski definition) is 4. The second kappa shape index (κ2) is 4.89. The highest BCUT2D eigenvalue weighted by Gasteiger charge is 2.07. The van der Waals surface area contributed by atoms with Crippen molar-refractivity contribution in [2.45, 2.75) is 0 Å². The standard InChI is InChI=1S/C11H5BrFN3O/c12-9-5-8(1-2-10(9)13)17-11-7(6-14)3-4-15-16-11/h1-5H. The zero-order chi connectivity index (χ0) is 12.3. The predicted molar refractivity (Wildman–Crippen MR) is 60.9 cm³/mol. The molecule has 0 aliphatic rings. The molecule has 0 fully saturated rings. The largest absolute Gasteiger partial charge is 0.437 e. The Morgan fingerprint density at radius 2 is 2.18 bits per heavy atom. The zero-order valence-corrected chi connectivity index (χ0v) is 9.98. The molecule has 17 heavy (non-hydrogen) atoms. The number of ether oxygens (including phenoxy) is 1. The summed E-state index contributed by atoms with van der Waals surface area (Å²) < 4.78 is 18.6. The minimum atomic E-state index is -0.392.